The number of hydrogen-bond donors (Lipinski definition) is 0. The largest absolute Gasteiger partial charge is 0.497 e. The van der Waals surface area contributed by atoms with E-state index in [0.717, 1.165) is 23.2 Å². The minimum Gasteiger partial charge on any atom is -0.497 e. The van der Waals surface area contributed by atoms with Gasteiger partial charge in [0, 0.05) is 5.33 Å². The topological polar surface area (TPSA) is 18.5 Å². The Hall–Kier alpha value is -0.540. The van der Waals surface area contributed by atoms with Gasteiger partial charge in [0.05, 0.1) is 20.3 Å². The molecule has 0 fully saturated rings. The fraction of sp³-hybridized carbons (Fsp3) is 0.571. The van der Waals surface area contributed by atoms with Crippen LogP contribution in [0.2, 0.25) is 0 Å². The van der Waals surface area contributed by atoms with Crippen LogP contribution in [-0.4, -0.2) is 19.0 Å². The summed E-state index contributed by atoms with van der Waals surface area (Å²) in [4.78, 5) is 0. The molecule has 0 bridgehead atoms. The Labute approximate surface area is 112 Å². The Balaban J connectivity index is 2.34. The van der Waals surface area contributed by atoms with Crippen LogP contribution in [-0.2, 0) is 11.3 Å². The van der Waals surface area contributed by atoms with Gasteiger partial charge in [-0.15, -0.1) is 0 Å². The van der Waals surface area contributed by atoms with Gasteiger partial charge in [-0.2, -0.15) is 0 Å². The second-order valence-corrected chi connectivity index (χ2v) is 4.82. The molecule has 1 aromatic carbocycles. The van der Waals surface area contributed by atoms with Crippen molar-refractivity contribution in [1.82, 2.24) is 0 Å². The summed E-state index contributed by atoms with van der Waals surface area (Å²) in [6, 6.07) is 8.02. The molecule has 0 heterocycles. The first-order chi connectivity index (χ1) is 8.30. The maximum atomic E-state index is 5.74. The minimum atomic E-state index is 0.616. The Bertz CT molecular complexity index is 315. The third kappa shape index (κ3) is 5.55. The van der Waals surface area contributed by atoms with Gasteiger partial charge in [0.1, 0.15) is 5.75 Å². The monoisotopic (exact) mass is 300 g/mol. The molecule has 0 saturated carbocycles. The first kappa shape index (κ1) is 14.5. The lowest BCUT2D eigenvalue weighted by atomic mass is 10.1. The predicted molar refractivity (Wildman–Crippen MR) is 74.8 cm³/mol. The molecule has 0 amide bonds. The van der Waals surface area contributed by atoms with E-state index in [1.807, 2.05) is 18.2 Å². The van der Waals surface area contributed by atoms with Gasteiger partial charge in [0.15, 0.2) is 0 Å². The molecular weight excluding hydrogens is 280 g/mol. The van der Waals surface area contributed by atoms with Gasteiger partial charge in [-0.05, 0) is 30.0 Å². The number of methoxy groups -OCH3 is 1. The predicted octanol–water partition coefficient (Wildman–Crippen LogP) is 4.02. The van der Waals surface area contributed by atoms with Crippen molar-refractivity contribution in [3.05, 3.63) is 29.8 Å². The van der Waals surface area contributed by atoms with Gasteiger partial charge in [-0.3, -0.25) is 0 Å². The zero-order valence-corrected chi connectivity index (χ0v) is 12.2. The SMILES string of the molecule is CCCC(CBr)COCc1cccc(OC)c1. The molecular formula is C14H21BrO2. The first-order valence-corrected chi connectivity index (χ1v) is 7.19. The molecule has 17 heavy (non-hydrogen) atoms. The Kier molecular flexibility index (Phi) is 7.29. The van der Waals surface area contributed by atoms with Crippen molar-refractivity contribution in [2.75, 3.05) is 19.0 Å². The molecule has 1 rings (SSSR count). The second-order valence-electron chi connectivity index (χ2n) is 4.18. The van der Waals surface area contributed by atoms with Crippen molar-refractivity contribution >= 4 is 15.9 Å². The van der Waals surface area contributed by atoms with Crippen LogP contribution in [0.4, 0.5) is 0 Å². The van der Waals surface area contributed by atoms with Crippen LogP contribution < -0.4 is 4.74 Å². The number of benzene rings is 1. The van der Waals surface area contributed by atoms with E-state index >= 15 is 0 Å². The summed E-state index contributed by atoms with van der Waals surface area (Å²) in [5.74, 6) is 1.50. The number of alkyl halides is 1. The zero-order chi connectivity index (χ0) is 12.5. The van der Waals surface area contributed by atoms with E-state index in [-0.39, 0.29) is 0 Å². The fourth-order valence-electron chi connectivity index (χ4n) is 1.72. The number of halogens is 1. The molecule has 0 aliphatic carbocycles. The maximum Gasteiger partial charge on any atom is 0.119 e. The van der Waals surface area contributed by atoms with Crippen molar-refractivity contribution < 1.29 is 9.47 Å². The third-order valence-corrected chi connectivity index (χ3v) is 3.59. The van der Waals surface area contributed by atoms with Crippen molar-refractivity contribution in [1.29, 1.82) is 0 Å². The average Bonchev–Trinajstić information content (AvgIpc) is 2.38. The van der Waals surface area contributed by atoms with E-state index in [1.54, 1.807) is 7.11 Å². The summed E-state index contributed by atoms with van der Waals surface area (Å²) >= 11 is 3.53. The van der Waals surface area contributed by atoms with E-state index in [0.29, 0.717) is 12.5 Å². The molecule has 0 saturated heterocycles. The molecule has 0 spiro atoms. The van der Waals surface area contributed by atoms with Crippen LogP contribution in [0.15, 0.2) is 24.3 Å². The summed E-state index contributed by atoms with van der Waals surface area (Å²) < 4.78 is 10.9. The minimum absolute atomic E-state index is 0.616. The molecule has 3 heteroatoms. The second kappa shape index (κ2) is 8.54. The standard InChI is InChI=1S/C14H21BrO2/c1-3-5-13(9-15)11-17-10-12-6-4-7-14(8-12)16-2/h4,6-8,13H,3,5,9-11H2,1-2H3. The highest BCUT2D eigenvalue weighted by Gasteiger charge is 2.06. The molecule has 0 radical (unpaired) electrons. The molecule has 1 aromatic rings. The van der Waals surface area contributed by atoms with E-state index < -0.39 is 0 Å². The molecule has 96 valence electrons. The molecule has 0 N–H and O–H groups in total. The van der Waals surface area contributed by atoms with Gasteiger partial charge < -0.3 is 9.47 Å². The van der Waals surface area contributed by atoms with Gasteiger partial charge in [-0.25, -0.2) is 0 Å². The van der Waals surface area contributed by atoms with Crippen LogP contribution >= 0.6 is 15.9 Å². The summed E-state index contributed by atoms with van der Waals surface area (Å²) in [6.45, 7) is 3.68. The number of rotatable bonds is 8. The molecule has 0 aliphatic heterocycles. The van der Waals surface area contributed by atoms with Crippen molar-refractivity contribution in [2.24, 2.45) is 5.92 Å². The van der Waals surface area contributed by atoms with Crippen LogP contribution in [0.5, 0.6) is 5.75 Å². The highest BCUT2D eigenvalue weighted by atomic mass is 79.9. The van der Waals surface area contributed by atoms with Gasteiger partial charge >= 0.3 is 0 Å². The molecule has 0 aromatic heterocycles. The zero-order valence-electron chi connectivity index (χ0n) is 10.6. The van der Waals surface area contributed by atoms with E-state index in [9.17, 15) is 0 Å². The average molecular weight is 301 g/mol. The Morgan fingerprint density at radius 3 is 2.82 bits per heavy atom. The molecule has 1 atom stereocenters. The summed E-state index contributed by atoms with van der Waals surface area (Å²) in [5, 5.41) is 1.01. The van der Waals surface area contributed by atoms with Crippen LogP contribution in [0.25, 0.3) is 0 Å². The van der Waals surface area contributed by atoms with E-state index in [4.69, 9.17) is 9.47 Å². The summed E-state index contributed by atoms with van der Waals surface area (Å²) in [6.07, 6.45) is 2.42. The third-order valence-electron chi connectivity index (χ3n) is 2.67. The highest BCUT2D eigenvalue weighted by molar-refractivity contribution is 9.09. The smallest absolute Gasteiger partial charge is 0.119 e. The summed E-state index contributed by atoms with van der Waals surface area (Å²) in [7, 11) is 1.68. The first-order valence-electron chi connectivity index (χ1n) is 6.06. The van der Waals surface area contributed by atoms with E-state index in [2.05, 4.69) is 28.9 Å². The van der Waals surface area contributed by atoms with Crippen LogP contribution in [0, 0.1) is 5.92 Å². The van der Waals surface area contributed by atoms with Crippen molar-refractivity contribution in [2.45, 2.75) is 26.4 Å². The van der Waals surface area contributed by atoms with Crippen molar-refractivity contribution in [3.8, 4) is 5.75 Å². The van der Waals surface area contributed by atoms with Crippen LogP contribution in [0.1, 0.15) is 25.3 Å². The lowest BCUT2D eigenvalue weighted by molar-refractivity contribution is 0.0909. The molecule has 1 unspecified atom stereocenters. The number of ether oxygens (including phenoxy) is 2. The van der Waals surface area contributed by atoms with Gasteiger partial charge in [0.2, 0.25) is 0 Å². The Morgan fingerprint density at radius 1 is 1.35 bits per heavy atom. The van der Waals surface area contributed by atoms with Gasteiger partial charge in [0.25, 0.3) is 0 Å². The lowest BCUT2D eigenvalue weighted by Crippen LogP contribution is -2.10. The maximum absolute atomic E-state index is 5.74. The van der Waals surface area contributed by atoms with E-state index in [1.165, 1.54) is 12.8 Å². The van der Waals surface area contributed by atoms with Crippen LogP contribution in [0.3, 0.4) is 0 Å². The Morgan fingerprint density at radius 2 is 2.18 bits per heavy atom. The quantitative estimate of drug-likeness (QED) is 0.675. The number of hydrogen-bond acceptors (Lipinski definition) is 2. The summed E-state index contributed by atoms with van der Waals surface area (Å²) in [5.41, 5.74) is 1.16. The van der Waals surface area contributed by atoms with Crippen molar-refractivity contribution in [3.63, 3.8) is 0 Å². The lowest BCUT2D eigenvalue weighted by Gasteiger charge is -2.13. The highest BCUT2D eigenvalue weighted by Crippen LogP contribution is 2.15. The fourth-order valence-corrected chi connectivity index (χ4v) is 2.23. The molecule has 0 aliphatic rings. The molecule has 2 nitrogen and oxygen atoms in total. The normalized spacial score (nSPS) is 12.4. The van der Waals surface area contributed by atoms with Gasteiger partial charge in [-0.1, -0.05) is 41.4 Å².